The molecule has 0 aliphatic heterocycles. The Morgan fingerprint density at radius 3 is 2.82 bits per heavy atom. The summed E-state index contributed by atoms with van der Waals surface area (Å²) < 4.78 is 2.00. The Kier molecular flexibility index (Phi) is 5.60. The molecule has 4 aromatic rings. The zero-order valence-corrected chi connectivity index (χ0v) is 19.1. The fraction of sp³-hybridized carbons (Fsp3) is 0.250. The second-order valence-corrected chi connectivity index (χ2v) is 8.85. The smallest absolute Gasteiger partial charge is 0.229 e. The van der Waals surface area contributed by atoms with E-state index in [1.54, 1.807) is 6.07 Å². The lowest BCUT2D eigenvalue weighted by Gasteiger charge is -2.11. The van der Waals surface area contributed by atoms with Gasteiger partial charge in [-0.15, -0.1) is 0 Å². The summed E-state index contributed by atoms with van der Waals surface area (Å²) in [6, 6.07) is 13.4. The predicted molar refractivity (Wildman–Crippen MR) is 130 cm³/mol. The molecule has 2 N–H and O–H groups in total. The normalized spacial score (nSPS) is 17.1. The number of pyridine rings is 1. The molecule has 0 unspecified atom stereocenters. The van der Waals surface area contributed by atoms with Crippen LogP contribution in [-0.2, 0) is 11.3 Å². The van der Waals surface area contributed by atoms with E-state index in [9.17, 15) is 4.79 Å². The van der Waals surface area contributed by atoms with Gasteiger partial charge >= 0.3 is 0 Å². The van der Waals surface area contributed by atoms with E-state index in [0.29, 0.717) is 23.2 Å². The highest BCUT2D eigenvalue weighted by atomic mass is 35.5. The number of rotatable bonds is 7. The highest BCUT2D eigenvalue weighted by Crippen LogP contribution is 2.48. The molecule has 0 spiro atoms. The molecule has 5 rings (SSSR count). The number of hydrogen-bond acceptors (Lipinski definition) is 6. The van der Waals surface area contributed by atoms with Gasteiger partial charge in [-0.2, -0.15) is 0 Å². The third kappa shape index (κ3) is 4.75. The molecule has 3 heterocycles. The number of anilines is 3. The Morgan fingerprint density at radius 2 is 2.00 bits per heavy atom. The number of nitrogens with zero attached hydrogens (tertiary/aromatic N) is 5. The van der Waals surface area contributed by atoms with E-state index in [1.807, 2.05) is 72.2 Å². The number of nitrogens with one attached hydrogen (secondary N) is 2. The van der Waals surface area contributed by atoms with Crippen molar-refractivity contribution >= 4 is 40.5 Å². The molecule has 33 heavy (non-hydrogen) atoms. The fourth-order valence-electron chi connectivity index (χ4n) is 3.90. The molecule has 8 nitrogen and oxygen atoms in total. The van der Waals surface area contributed by atoms with Gasteiger partial charge in [-0.25, -0.2) is 15.0 Å². The molecule has 0 radical (unpaired) electrons. The number of benzene rings is 1. The van der Waals surface area contributed by atoms with Crippen molar-refractivity contribution in [2.24, 2.45) is 5.92 Å². The molecule has 2 atom stereocenters. The van der Waals surface area contributed by atoms with Crippen molar-refractivity contribution in [2.45, 2.75) is 18.9 Å². The van der Waals surface area contributed by atoms with Gasteiger partial charge in [-0.05, 0) is 42.2 Å². The summed E-state index contributed by atoms with van der Waals surface area (Å²) in [7, 11) is 4.01. The zero-order valence-electron chi connectivity index (χ0n) is 18.4. The molecular formula is C24H24ClN7O. The van der Waals surface area contributed by atoms with Crippen LogP contribution < -0.4 is 15.5 Å². The minimum absolute atomic E-state index is 0.0401. The summed E-state index contributed by atoms with van der Waals surface area (Å²) in [6.07, 6.45) is 6.28. The number of imidazole rings is 1. The molecular weight excluding hydrogens is 438 g/mol. The highest BCUT2D eigenvalue weighted by Gasteiger charge is 2.44. The van der Waals surface area contributed by atoms with Crippen LogP contribution in [0.5, 0.6) is 0 Å². The molecule has 1 saturated carbocycles. The van der Waals surface area contributed by atoms with Crippen molar-refractivity contribution in [2.75, 3.05) is 29.6 Å². The maximum atomic E-state index is 12.7. The van der Waals surface area contributed by atoms with Crippen LogP contribution in [-0.4, -0.2) is 39.4 Å². The van der Waals surface area contributed by atoms with E-state index in [4.69, 9.17) is 11.6 Å². The molecule has 1 fully saturated rings. The van der Waals surface area contributed by atoms with Gasteiger partial charge in [-0.1, -0.05) is 23.7 Å². The summed E-state index contributed by atoms with van der Waals surface area (Å²) in [5, 5.41) is 6.85. The number of carbonyl (C=O) groups excluding carboxylic acids is 1. The number of halogens is 1. The van der Waals surface area contributed by atoms with Crippen LogP contribution in [0, 0.1) is 5.92 Å². The molecule has 0 saturated heterocycles. The highest BCUT2D eigenvalue weighted by molar-refractivity contribution is 6.30. The molecule has 1 aliphatic carbocycles. The monoisotopic (exact) mass is 461 g/mol. The molecule has 0 bridgehead atoms. The molecule has 1 amide bonds. The third-order valence-corrected chi connectivity index (χ3v) is 6.01. The maximum Gasteiger partial charge on any atom is 0.229 e. The SMILES string of the molecule is CN(C)c1ccc2nc(CNc3cc(NC(=O)[C@H]4C[C@@H]4c4cccc(Cl)c4)ncn3)cn2c1. The number of hydrogen-bond donors (Lipinski definition) is 2. The first kappa shape index (κ1) is 21.2. The molecule has 1 aliphatic rings. The van der Waals surface area contributed by atoms with Gasteiger partial charge in [0.2, 0.25) is 5.91 Å². The van der Waals surface area contributed by atoms with E-state index in [-0.39, 0.29) is 17.7 Å². The minimum atomic E-state index is -0.0696. The average molecular weight is 462 g/mol. The predicted octanol–water partition coefficient (Wildman–Crippen LogP) is 4.20. The van der Waals surface area contributed by atoms with Crippen LogP contribution in [0.3, 0.4) is 0 Å². The van der Waals surface area contributed by atoms with Crippen molar-refractivity contribution in [1.29, 1.82) is 0 Å². The average Bonchev–Trinajstić information content (AvgIpc) is 3.50. The topological polar surface area (TPSA) is 87.5 Å². The Balaban J connectivity index is 1.20. The first-order chi connectivity index (χ1) is 16.0. The van der Waals surface area contributed by atoms with Crippen LogP contribution in [0.25, 0.3) is 5.65 Å². The zero-order chi connectivity index (χ0) is 22.9. The first-order valence-corrected chi connectivity index (χ1v) is 11.1. The molecule has 9 heteroatoms. The van der Waals surface area contributed by atoms with Crippen LogP contribution in [0.2, 0.25) is 5.02 Å². The number of carbonyl (C=O) groups is 1. The van der Waals surface area contributed by atoms with E-state index < -0.39 is 0 Å². The van der Waals surface area contributed by atoms with Crippen LogP contribution in [0.1, 0.15) is 23.6 Å². The van der Waals surface area contributed by atoms with Crippen LogP contribution in [0.15, 0.2) is 61.2 Å². The largest absolute Gasteiger partial charge is 0.376 e. The Bertz CT molecular complexity index is 1320. The molecule has 3 aromatic heterocycles. The quantitative estimate of drug-likeness (QED) is 0.429. The lowest BCUT2D eigenvalue weighted by atomic mass is 10.1. The third-order valence-electron chi connectivity index (χ3n) is 5.77. The van der Waals surface area contributed by atoms with Gasteiger partial charge in [0.15, 0.2) is 0 Å². The van der Waals surface area contributed by atoms with Crippen molar-refractivity contribution in [1.82, 2.24) is 19.4 Å². The minimum Gasteiger partial charge on any atom is -0.376 e. The van der Waals surface area contributed by atoms with Gasteiger partial charge in [0.1, 0.15) is 23.6 Å². The van der Waals surface area contributed by atoms with E-state index >= 15 is 0 Å². The van der Waals surface area contributed by atoms with Crippen molar-refractivity contribution in [3.8, 4) is 0 Å². The Labute approximate surface area is 196 Å². The van der Waals surface area contributed by atoms with Gasteiger partial charge in [0.05, 0.1) is 17.9 Å². The standard InChI is InChI=1S/C24H24ClN7O/c1-31(2)18-6-7-23-29-17(12-32(23)13-18)11-26-21-10-22(28-14-27-21)30-24(33)20-9-19(20)15-4-3-5-16(25)8-15/h3-8,10,12-14,19-20H,9,11H2,1-2H3,(H2,26,27,28,30,33)/t19-,20+/m1/s1. The maximum absolute atomic E-state index is 12.7. The van der Waals surface area contributed by atoms with Gasteiger partial charge in [0.25, 0.3) is 0 Å². The van der Waals surface area contributed by atoms with Crippen molar-refractivity contribution < 1.29 is 4.79 Å². The number of amides is 1. The summed E-state index contributed by atoms with van der Waals surface area (Å²) >= 11 is 6.08. The lowest BCUT2D eigenvalue weighted by Crippen LogP contribution is -2.16. The molecule has 168 valence electrons. The fourth-order valence-corrected chi connectivity index (χ4v) is 4.09. The molecule has 1 aromatic carbocycles. The van der Waals surface area contributed by atoms with E-state index in [0.717, 1.165) is 29.0 Å². The first-order valence-electron chi connectivity index (χ1n) is 10.7. The summed E-state index contributed by atoms with van der Waals surface area (Å²) in [4.78, 5) is 27.8. The van der Waals surface area contributed by atoms with Crippen LogP contribution >= 0.6 is 11.6 Å². The second kappa shape index (κ2) is 8.71. The lowest BCUT2D eigenvalue weighted by molar-refractivity contribution is -0.117. The summed E-state index contributed by atoms with van der Waals surface area (Å²) in [5.41, 5.74) is 3.96. The number of aromatic nitrogens is 4. The second-order valence-electron chi connectivity index (χ2n) is 8.41. The van der Waals surface area contributed by atoms with Gasteiger partial charge in [-0.3, -0.25) is 4.79 Å². The Morgan fingerprint density at radius 1 is 1.15 bits per heavy atom. The summed E-state index contributed by atoms with van der Waals surface area (Å²) in [6.45, 7) is 0.503. The number of fused-ring (bicyclic) bond motifs is 1. The van der Waals surface area contributed by atoms with Crippen molar-refractivity contribution in [3.05, 3.63) is 77.5 Å². The van der Waals surface area contributed by atoms with Crippen LogP contribution in [0.4, 0.5) is 17.3 Å². The van der Waals surface area contributed by atoms with Gasteiger partial charge < -0.3 is 19.9 Å². The Hall–Kier alpha value is -3.65. The van der Waals surface area contributed by atoms with E-state index in [2.05, 4.69) is 25.6 Å². The van der Waals surface area contributed by atoms with Gasteiger partial charge in [0, 0.05) is 43.5 Å². The van der Waals surface area contributed by atoms with E-state index in [1.165, 1.54) is 6.33 Å². The summed E-state index contributed by atoms with van der Waals surface area (Å²) in [5.74, 6) is 1.18. The van der Waals surface area contributed by atoms with Crippen molar-refractivity contribution in [3.63, 3.8) is 0 Å².